The number of carbonyl (C=O) groups is 2. The van der Waals surface area contributed by atoms with E-state index < -0.39 is 0 Å². The summed E-state index contributed by atoms with van der Waals surface area (Å²) in [5.41, 5.74) is 0. The molecule has 31 heavy (non-hydrogen) atoms. The van der Waals surface area contributed by atoms with Crippen LogP contribution in [0, 0.1) is 47.3 Å². The molecule has 0 N–H and O–H groups in total. The average Bonchev–Trinajstić information content (AvgIpc) is 3.43. The first-order valence-electron chi connectivity index (χ1n) is 13.4. The molecule has 0 aromatic carbocycles. The summed E-state index contributed by atoms with van der Waals surface area (Å²) < 4.78 is 11.7. The molecular formula is C27H44O4. The number of hydrogen-bond acceptors (Lipinski definition) is 4. The Balaban J connectivity index is 1.26. The van der Waals surface area contributed by atoms with E-state index in [0.29, 0.717) is 36.9 Å². The Hall–Kier alpha value is -1.06. The maximum atomic E-state index is 13.1. The van der Waals surface area contributed by atoms with Gasteiger partial charge in [-0.25, -0.2) is 0 Å². The lowest BCUT2D eigenvalue weighted by molar-refractivity contribution is -0.165. The van der Waals surface area contributed by atoms with E-state index in [1.165, 1.54) is 64.2 Å². The van der Waals surface area contributed by atoms with Gasteiger partial charge in [-0.3, -0.25) is 9.59 Å². The highest BCUT2D eigenvalue weighted by molar-refractivity contribution is 5.83. The number of esters is 2. The topological polar surface area (TPSA) is 52.6 Å². The molecule has 4 unspecified atom stereocenters. The first-order valence-corrected chi connectivity index (χ1v) is 13.4. The summed E-state index contributed by atoms with van der Waals surface area (Å²) in [5, 5.41) is 0. The van der Waals surface area contributed by atoms with Crippen molar-refractivity contribution in [1.29, 1.82) is 0 Å². The Morgan fingerprint density at radius 2 is 0.935 bits per heavy atom. The summed E-state index contributed by atoms with van der Waals surface area (Å²) in [7, 11) is 0. The molecule has 4 heteroatoms. The Labute approximate surface area is 189 Å². The zero-order valence-corrected chi connectivity index (χ0v) is 19.9. The fourth-order valence-electron chi connectivity index (χ4n) is 7.17. The van der Waals surface area contributed by atoms with Gasteiger partial charge in [-0.2, -0.15) is 0 Å². The van der Waals surface area contributed by atoms with Gasteiger partial charge in [0, 0.05) is 0 Å². The van der Waals surface area contributed by atoms with Gasteiger partial charge in [0.1, 0.15) is 0 Å². The third-order valence-corrected chi connectivity index (χ3v) is 9.47. The predicted octanol–water partition coefficient (Wildman–Crippen LogP) is 6.17. The smallest absolute Gasteiger partial charge is 0.310 e. The van der Waals surface area contributed by atoms with Gasteiger partial charge in [-0.1, -0.05) is 52.4 Å². The zero-order chi connectivity index (χ0) is 21.8. The maximum Gasteiger partial charge on any atom is 0.310 e. The van der Waals surface area contributed by atoms with Crippen molar-refractivity contribution in [3.8, 4) is 0 Å². The van der Waals surface area contributed by atoms with Gasteiger partial charge in [0.05, 0.1) is 25.0 Å². The summed E-state index contributed by atoms with van der Waals surface area (Å²) in [6.07, 6.45) is 15.4. The lowest BCUT2D eigenvalue weighted by Crippen LogP contribution is -2.38. The van der Waals surface area contributed by atoms with Crippen LogP contribution in [0.2, 0.25) is 0 Å². The van der Waals surface area contributed by atoms with Crippen LogP contribution in [0.5, 0.6) is 0 Å². The molecule has 4 aliphatic carbocycles. The largest absolute Gasteiger partial charge is 0.465 e. The minimum Gasteiger partial charge on any atom is -0.465 e. The Morgan fingerprint density at radius 3 is 1.29 bits per heavy atom. The van der Waals surface area contributed by atoms with Crippen LogP contribution in [0.15, 0.2) is 0 Å². The minimum absolute atomic E-state index is 0.116. The molecular weight excluding hydrogens is 388 g/mol. The fourth-order valence-corrected chi connectivity index (χ4v) is 7.17. The number of carbonyl (C=O) groups excluding carboxylic acids is 2. The lowest BCUT2D eigenvalue weighted by Gasteiger charge is -2.31. The molecule has 0 radical (unpaired) electrons. The van der Waals surface area contributed by atoms with E-state index in [2.05, 4.69) is 13.8 Å². The van der Waals surface area contributed by atoms with E-state index in [4.69, 9.17) is 9.47 Å². The molecule has 4 atom stereocenters. The van der Waals surface area contributed by atoms with Crippen LogP contribution in [0.4, 0.5) is 0 Å². The molecule has 2 bridgehead atoms. The molecule has 4 nitrogen and oxygen atoms in total. The molecule has 0 spiro atoms. The summed E-state index contributed by atoms with van der Waals surface area (Å²) in [6, 6.07) is 0. The first-order chi connectivity index (χ1) is 15.1. The summed E-state index contributed by atoms with van der Waals surface area (Å²) in [4.78, 5) is 26.1. The minimum atomic E-state index is -0.256. The normalized spacial score (nSPS) is 39.9. The van der Waals surface area contributed by atoms with Crippen molar-refractivity contribution >= 4 is 11.9 Å². The van der Waals surface area contributed by atoms with Crippen LogP contribution in [0.25, 0.3) is 0 Å². The molecule has 4 aliphatic rings. The van der Waals surface area contributed by atoms with Gasteiger partial charge in [0.15, 0.2) is 0 Å². The van der Waals surface area contributed by atoms with Crippen LogP contribution >= 0.6 is 0 Å². The van der Waals surface area contributed by atoms with E-state index >= 15 is 0 Å². The highest BCUT2D eigenvalue weighted by Gasteiger charge is 2.55. The van der Waals surface area contributed by atoms with Crippen molar-refractivity contribution < 1.29 is 19.1 Å². The number of fused-ring (bicyclic) bond motifs is 2. The van der Waals surface area contributed by atoms with E-state index in [1.807, 2.05) is 0 Å². The second kappa shape index (κ2) is 10.7. The molecule has 0 saturated heterocycles. The highest BCUT2D eigenvalue weighted by Crippen LogP contribution is 2.53. The average molecular weight is 433 g/mol. The third kappa shape index (κ3) is 5.47. The predicted molar refractivity (Wildman–Crippen MR) is 121 cm³/mol. The van der Waals surface area contributed by atoms with Gasteiger partial charge < -0.3 is 9.47 Å². The fraction of sp³-hybridized carbons (Fsp3) is 0.926. The molecule has 4 rings (SSSR count). The molecule has 0 aromatic heterocycles. The quantitative estimate of drug-likeness (QED) is 0.431. The Bertz CT molecular complexity index is 548. The zero-order valence-electron chi connectivity index (χ0n) is 19.9. The third-order valence-electron chi connectivity index (χ3n) is 9.47. The van der Waals surface area contributed by atoms with Gasteiger partial charge >= 0.3 is 11.9 Å². The van der Waals surface area contributed by atoms with E-state index in [9.17, 15) is 9.59 Å². The van der Waals surface area contributed by atoms with Gasteiger partial charge in [-0.15, -0.1) is 0 Å². The standard InChI is InChI=1S/C27H44O4/c1-3-18-5-9-20(10-6-18)16-30-26(28)24-22-13-14-23(15-22)25(24)27(29)31-17-21-11-7-19(4-2)8-12-21/h18-25H,3-17H2,1-2H3. The van der Waals surface area contributed by atoms with Crippen LogP contribution in [-0.4, -0.2) is 25.2 Å². The van der Waals surface area contributed by atoms with Gasteiger partial charge in [0.25, 0.3) is 0 Å². The highest BCUT2D eigenvalue weighted by atomic mass is 16.5. The molecule has 4 fully saturated rings. The van der Waals surface area contributed by atoms with E-state index in [0.717, 1.165) is 31.1 Å². The molecule has 0 aliphatic heterocycles. The second-order valence-corrected chi connectivity index (χ2v) is 11.2. The maximum absolute atomic E-state index is 13.1. The molecule has 0 heterocycles. The molecule has 176 valence electrons. The summed E-state index contributed by atoms with van der Waals surface area (Å²) in [5.74, 6) is 2.63. The van der Waals surface area contributed by atoms with Crippen LogP contribution in [0.3, 0.4) is 0 Å². The van der Waals surface area contributed by atoms with E-state index in [1.54, 1.807) is 0 Å². The van der Waals surface area contributed by atoms with Crippen molar-refractivity contribution in [1.82, 2.24) is 0 Å². The van der Waals surface area contributed by atoms with Crippen molar-refractivity contribution in [3.63, 3.8) is 0 Å². The second-order valence-electron chi connectivity index (χ2n) is 11.2. The van der Waals surface area contributed by atoms with Crippen molar-refractivity contribution in [2.45, 2.75) is 97.3 Å². The monoisotopic (exact) mass is 432 g/mol. The van der Waals surface area contributed by atoms with E-state index in [-0.39, 0.29) is 23.8 Å². The summed E-state index contributed by atoms with van der Waals surface area (Å²) >= 11 is 0. The number of rotatable bonds is 8. The van der Waals surface area contributed by atoms with Crippen LogP contribution in [-0.2, 0) is 19.1 Å². The number of ether oxygens (including phenoxy) is 2. The van der Waals surface area contributed by atoms with Crippen molar-refractivity contribution in [2.75, 3.05) is 13.2 Å². The molecule has 0 amide bonds. The van der Waals surface area contributed by atoms with Crippen molar-refractivity contribution in [2.24, 2.45) is 47.3 Å². The SMILES string of the molecule is CCC1CCC(COC(=O)C2C3CCC(C3)C2C(=O)OCC2CCC(CC)CC2)CC1. The van der Waals surface area contributed by atoms with Crippen LogP contribution in [0.1, 0.15) is 97.3 Å². The van der Waals surface area contributed by atoms with Crippen LogP contribution < -0.4 is 0 Å². The first kappa shape index (κ1) is 23.1. The molecule has 4 saturated carbocycles. The Morgan fingerprint density at radius 1 is 0.581 bits per heavy atom. The van der Waals surface area contributed by atoms with Gasteiger partial charge in [0.2, 0.25) is 0 Å². The molecule has 0 aromatic rings. The Kier molecular flexibility index (Phi) is 7.98. The van der Waals surface area contributed by atoms with Crippen molar-refractivity contribution in [3.05, 3.63) is 0 Å². The lowest BCUT2D eigenvalue weighted by atomic mass is 9.79. The summed E-state index contributed by atoms with van der Waals surface area (Å²) in [6.45, 7) is 5.64. The number of hydrogen-bond donors (Lipinski definition) is 0. The van der Waals surface area contributed by atoms with Gasteiger partial charge in [-0.05, 0) is 80.5 Å².